The number of nitrogens with one attached hydrogen (secondary N) is 1. The first-order valence-corrected chi connectivity index (χ1v) is 20.8. The molecule has 2 aromatic carbocycles. The van der Waals surface area contributed by atoms with Crippen LogP contribution in [0.3, 0.4) is 0 Å². The number of benzene rings is 2. The Kier molecular flexibility index (Phi) is 23.9. The fraction of sp³-hybridized carbons (Fsp3) is 0.349. The molecule has 0 aliphatic heterocycles. The third kappa shape index (κ3) is 19.0. The standard InChI is InChI=1S/C43H52N3O4S2.2ClH/c1-3-49-41-19-15-36(16-20-41)11-13-38-23-30-45(31-24-38)28-5-8-40(47)9-7-34-51-52-35-27-44-43(48)10-6-29-46-32-25-39(26-33-46)14-12-37-17-21-42(22-18-37)50-4-2;;/h11-26,30-33H,3-10,27-29,34-35H2,1-2H3;2*1H/q+1;;/p-1/b13-11+,14-12+;;. The first-order valence-electron chi connectivity index (χ1n) is 18.3. The Morgan fingerprint density at radius 3 is 1.44 bits per heavy atom. The molecule has 0 bridgehead atoms. The number of carbonyl (C=O) groups is 2. The summed E-state index contributed by atoms with van der Waals surface area (Å²) in [5, 5.41) is 3.03. The molecule has 11 heteroatoms. The Morgan fingerprint density at radius 1 is 0.574 bits per heavy atom. The highest BCUT2D eigenvalue weighted by atomic mass is 35.5. The van der Waals surface area contributed by atoms with Gasteiger partial charge in [0.25, 0.3) is 0 Å². The zero-order valence-electron chi connectivity index (χ0n) is 31.3. The van der Waals surface area contributed by atoms with Crippen molar-refractivity contribution in [3.63, 3.8) is 0 Å². The molecule has 7 nitrogen and oxygen atoms in total. The topological polar surface area (TPSA) is 72.4 Å². The summed E-state index contributed by atoms with van der Waals surface area (Å²) in [4.78, 5) is 24.6. The average Bonchev–Trinajstić information content (AvgIpc) is 3.16. The van der Waals surface area contributed by atoms with Gasteiger partial charge in [0.15, 0.2) is 24.8 Å². The Bertz CT molecular complexity index is 1560. The van der Waals surface area contributed by atoms with Gasteiger partial charge in [0.2, 0.25) is 5.91 Å². The molecule has 4 rings (SSSR count). The van der Waals surface area contributed by atoms with E-state index in [9.17, 15) is 9.59 Å². The molecular formula is C43H53Cl2N3O4S2. The monoisotopic (exact) mass is 809 g/mol. The van der Waals surface area contributed by atoms with Crippen LogP contribution in [0, 0.1) is 0 Å². The van der Waals surface area contributed by atoms with Gasteiger partial charge in [-0.15, -0.1) is 0 Å². The SMILES string of the molecule is CCOc1ccc(/C=C/c2cc[n+](CCCC(=O)CCCSSCCNC(=O)CCC[n+]3ccc(/C=C/c4ccc(OCC)cc4)cc3)cc2)cc1.[Cl-].[Cl-]. The summed E-state index contributed by atoms with van der Waals surface area (Å²) in [6.07, 6.45) is 20.9. The summed E-state index contributed by atoms with van der Waals surface area (Å²) in [7, 11) is 3.54. The van der Waals surface area contributed by atoms with Crippen LogP contribution in [0.1, 0.15) is 74.6 Å². The summed E-state index contributed by atoms with van der Waals surface area (Å²) in [5.74, 6) is 4.00. The van der Waals surface area contributed by atoms with Crippen molar-refractivity contribution >= 4 is 57.6 Å². The van der Waals surface area contributed by atoms with Gasteiger partial charge in [-0.1, -0.05) is 70.2 Å². The van der Waals surface area contributed by atoms with Gasteiger partial charge in [0.1, 0.15) is 30.4 Å². The van der Waals surface area contributed by atoms with Crippen LogP contribution in [0.2, 0.25) is 0 Å². The van der Waals surface area contributed by atoms with Gasteiger partial charge in [-0.25, -0.2) is 9.13 Å². The van der Waals surface area contributed by atoms with E-state index >= 15 is 0 Å². The van der Waals surface area contributed by atoms with Crippen molar-refractivity contribution in [1.29, 1.82) is 0 Å². The van der Waals surface area contributed by atoms with E-state index in [1.54, 1.807) is 21.6 Å². The maximum Gasteiger partial charge on any atom is 0.220 e. The average molecular weight is 811 g/mol. The predicted octanol–water partition coefficient (Wildman–Crippen LogP) is 2.52. The zero-order chi connectivity index (χ0) is 36.6. The number of hydrogen-bond donors (Lipinski definition) is 1. The number of ether oxygens (including phenoxy) is 2. The van der Waals surface area contributed by atoms with Gasteiger partial charge in [0.05, 0.1) is 13.2 Å². The van der Waals surface area contributed by atoms with Gasteiger partial charge in [0, 0.05) is 74.4 Å². The number of Topliss-reactive ketones (excluding diaryl/α,β-unsaturated/α-hetero) is 1. The number of nitrogens with zero attached hydrogens (tertiary/aromatic N) is 2. The number of rotatable bonds is 24. The molecule has 0 atom stereocenters. The van der Waals surface area contributed by atoms with Crippen LogP contribution in [0.15, 0.2) is 97.6 Å². The summed E-state index contributed by atoms with van der Waals surface area (Å²) in [5.41, 5.74) is 4.52. The maximum absolute atomic E-state index is 12.4. The van der Waals surface area contributed by atoms with Gasteiger partial charge < -0.3 is 39.6 Å². The lowest BCUT2D eigenvalue weighted by Crippen LogP contribution is -3.00. The van der Waals surface area contributed by atoms with E-state index in [2.05, 4.69) is 99.9 Å². The molecule has 0 saturated carbocycles. The van der Waals surface area contributed by atoms with Crippen molar-refractivity contribution in [3.8, 4) is 11.5 Å². The third-order valence-corrected chi connectivity index (χ3v) is 10.6. The van der Waals surface area contributed by atoms with Crippen LogP contribution in [0.25, 0.3) is 24.3 Å². The van der Waals surface area contributed by atoms with Crippen molar-refractivity contribution in [2.45, 2.75) is 65.5 Å². The molecule has 54 heavy (non-hydrogen) atoms. The molecule has 0 saturated heterocycles. The van der Waals surface area contributed by atoms with Gasteiger partial charge in [-0.3, -0.25) is 9.59 Å². The fourth-order valence-electron chi connectivity index (χ4n) is 5.30. The molecule has 0 radical (unpaired) electrons. The number of amides is 1. The van der Waals surface area contributed by atoms with Gasteiger partial charge >= 0.3 is 0 Å². The van der Waals surface area contributed by atoms with E-state index in [4.69, 9.17) is 9.47 Å². The van der Waals surface area contributed by atoms with Crippen LogP contribution in [-0.2, 0) is 22.7 Å². The summed E-state index contributed by atoms with van der Waals surface area (Å²) in [6, 6.07) is 24.5. The predicted molar refractivity (Wildman–Crippen MR) is 217 cm³/mol. The second-order valence-electron chi connectivity index (χ2n) is 12.3. The second-order valence-corrected chi connectivity index (χ2v) is 15.0. The van der Waals surface area contributed by atoms with Crippen molar-refractivity contribution in [2.75, 3.05) is 31.3 Å². The molecule has 2 heterocycles. The van der Waals surface area contributed by atoms with E-state index in [1.165, 1.54) is 0 Å². The smallest absolute Gasteiger partial charge is 0.220 e. The number of aromatic nitrogens is 2. The number of ketones is 1. The van der Waals surface area contributed by atoms with Crippen molar-refractivity contribution in [3.05, 3.63) is 120 Å². The molecule has 0 aliphatic carbocycles. The van der Waals surface area contributed by atoms with E-state index in [-0.39, 0.29) is 30.7 Å². The molecule has 0 spiro atoms. The molecule has 1 amide bonds. The lowest BCUT2D eigenvalue weighted by atomic mass is 10.1. The molecule has 1 N–H and O–H groups in total. The molecular weight excluding hydrogens is 758 g/mol. The van der Waals surface area contributed by atoms with Crippen molar-refractivity contribution in [1.82, 2.24) is 5.32 Å². The van der Waals surface area contributed by atoms with Crippen LogP contribution >= 0.6 is 21.6 Å². The molecule has 2 aromatic heterocycles. The minimum atomic E-state index is 0. The first kappa shape index (κ1) is 46.4. The quantitative estimate of drug-likeness (QED) is 0.0668. The molecule has 0 aliphatic rings. The molecule has 4 aromatic rings. The minimum absolute atomic E-state index is 0. The minimum Gasteiger partial charge on any atom is -1.00 e. The Labute approximate surface area is 342 Å². The molecule has 0 unspecified atom stereocenters. The highest BCUT2D eigenvalue weighted by Gasteiger charge is 2.07. The highest BCUT2D eigenvalue weighted by Crippen LogP contribution is 2.22. The summed E-state index contributed by atoms with van der Waals surface area (Å²) >= 11 is 0. The van der Waals surface area contributed by atoms with Crippen molar-refractivity contribution in [2.24, 2.45) is 0 Å². The fourth-order valence-corrected chi connectivity index (χ4v) is 7.29. The van der Waals surface area contributed by atoms with Crippen molar-refractivity contribution < 1.29 is 53.0 Å². The lowest BCUT2D eigenvalue weighted by molar-refractivity contribution is -0.697. The van der Waals surface area contributed by atoms with Gasteiger partial charge in [-0.05, 0) is 66.8 Å². The van der Waals surface area contributed by atoms with Crippen LogP contribution in [-0.4, -0.2) is 43.0 Å². The molecule has 0 fully saturated rings. The Balaban J connectivity index is 0.00000504. The van der Waals surface area contributed by atoms with E-state index in [0.717, 1.165) is 77.6 Å². The first-order chi connectivity index (χ1) is 25.5. The van der Waals surface area contributed by atoms with Crippen LogP contribution in [0.5, 0.6) is 11.5 Å². The number of carbonyl (C=O) groups excluding carboxylic acids is 2. The van der Waals surface area contributed by atoms with Crippen LogP contribution < -0.4 is 48.7 Å². The number of aryl methyl sites for hydroxylation is 2. The Morgan fingerprint density at radius 2 is 0.981 bits per heavy atom. The summed E-state index contributed by atoms with van der Waals surface area (Å²) in [6.45, 7) is 7.60. The molecule has 290 valence electrons. The maximum atomic E-state index is 12.4. The van der Waals surface area contributed by atoms with E-state index < -0.39 is 0 Å². The van der Waals surface area contributed by atoms with E-state index in [0.29, 0.717) is 44.8 Å². The second kappa shape index (κ2) is 27.8. The zero-order valence-corrected chi connectivity index (χ0v) is 34.5. The third-order valence-electron chi connectivity index (χ3n) is 8.12. The lowest BCUT2D eigenvalue weighted by Gasteiger charge is -2.05. The van der Waals surface area contributed by atoms with Gasteiger partial charge in [-0.2, -0.15) is 0 Å². The highest BCUT2D eigenvalue weighted by molar-refractivity contribution is 8.76. The van der Waals surface area contributed by atoms with E-state index in [1.807, 2.05) is 50.2 Å². The van der Waals surface area contributed by atoms with Crippen LogP contribution in [0.4, 0.5) is 0 Å². The normalized spacial score (nSPS) is 10.9. The summed E-state index contributed by atoms with van der Waals surface area (Å²) < 4.78 is 15.2. The largest absolute Gasteiger partial charge is 1.00 e. The Hall–Kier alpha value is -3.76. The number of pyridine rings is 2. The number of halogens is 2. The number of hydrogen-bond acceptors (Lipinski definition) is 6.